The van der Waals surface area contributed by atoms with Crippen LogP contribution in [0.4, 0.5) is 0 Å². The van der Waals surface area contributed by atoms with E-state index in [4.69, 9.17) is 0 Å². The molecular formula is C11H14N2O4. The molecule has 1 atom stereocenters. The summed E-state index contributed by atoms with van der Waals surface area (Å²) in [6.45, 7) is 1.63. The molecule has 6 heteroatoms. The molecule has 2 N–H and O–H groups in total. The Morgan fingerprint density at radius 2 is 2.24 bits per heavy atom. The molecule has 1 unspecified atom stereocenters. The Morgan fingerprint density at radius 3 is 2.76 bits per heavy atom. The summed E-state index contributed by atoms with van der Waals surface area (Å²) in [5.74, 6) is -1.19. The Balaban J connectivity index is 2.43. The number of carbonyl (C=O) groups excluding carboxylic acids is 4. The van der Waals surface area contributed by atoms with Crippen molar-refractivity contribution in [2.45, 2.75) is 32.2 Å². The van der Waals surface area contributed by atoms with E-state index in [1.165, 1.54) is 6.08 Å². The Labute approximate surface area is 98.4 Å². The molecule has 1 heterocycles. The van der Waals surface area contributed by atoms with Crippen molar-refractivity contribution >= 4 is 24.0 Å². The van der Waals surface area contributed by atoms with Crippen molar-refractivity contribution in [2.75, 3.05) is 0 Å². The first-order valence-electron chi connectivity index (χ1n) is 5.34. The largest absolute Gasteiger partial charge is 0.349 e. The molecule has 1 rings (SSSR count). The smallest absolute Gasteiger partial charge is 0.256 e. The van der Waals surface area contributed by atoms with Gasteiger partial charge in [0.25, 0.3) is 11.8 Å². The van der Waals surface area contributed by atoms with Crippen molar-refractivity contribution in [3.8, 4) is 0 Å². The minimum absolute atomic E-state index is 0.228. The summed E-state index contributed by atoms with van der Waals surface area (Å²) in [5, 5.41) is 4.70. The molecule has 0 aromatic rings. The Kier molecular flexibility index (Phi) is 4.56. The Hall–Kier alpha value is -1.98. The van der Waals surface area contributed by atoms with Crippen LogP contribution in [0.25, 0.3) is 0 Å². The zero-order chi connectivity index (χ0) is 12.8. The van der Waals surface area contributed by atoms with E-state index in [0.717, 1.165) is 6.29 Å². The van der Waals surface area contributed by atoms with Gasteiger partial charge in [-0.2, -0.15) is 0 Å². The zero-order valence-corrected chi connectivity index (χ0v) is 9.49. The van der Waals surface area contributed by atoms with E-state index in [0.29, 0.717) is 12.8 Å². The van der Waals surface area contributed by atoms with Gasteiger partial charge in [0.15, 0.2) is 0 Å². The van der Waals surface area contributed by atoms with Crippen LogP contribution in [0.5, 0.6) is 0 Å². The average Bonchev–Trinajstić information content (AvgIpc) is 2.58. The van der Waals surface area contributed by atoms with Crippen molar-refractivity contribution in [1.82, 2.24) is 10.6 Å². The highest BCUT2D eigenvalue weighted by Gasteiger charge is 2.26. The first kappa shape index (κ1) is 13.1. The van der Waals surface area contributed by atoms with Crippen LogP contribution in [0.2, 0.25) is 0 Å². The predicted octanol–water partition coefficient (Wildman–Crippen LogP) is -0.557. The first-order chi connectivity index (χ1) is 8.04. The molecule has 3 amide bonds. The number of rotatable bonds is 6. The summed E-state index contributed by atoms with van der Waals surface area (Å²) in [6.07, 6.45) is 2.97. The van der Waals surface area contributed by atoms with Gasteiger partial charge < -0.3 is 10.1 Å². The van der Waals surface area contributed by atoms with Gasteiger partial charge in [-0.05, 0) is 13.3 Å². The lowest BCUT2D eigenvalue weighted by atomic mass is 10.1. The fourth-order valence-electron chi connectivity index (χ4n) is 1.49. The van der Waals surface area contributed by atoms with Crippen LogP contribution in [0.1, 0.15) is 26.2 Å². The maximum Gasteiger partial charge on any atom is 0.256 e. The standard InChI is InChI=1S/C11H14N2O4/c1-7(8-6-10(16)13-11(8)17)12-9(15)4-2-3-5-14/h5-7H,2-4H2,1H3,(H,12,15)(H,13,16,17). The SMILES string of the molecule is CC(NC(=O)CCCC=O)C1=CC(=O)NC1=O. The van der Waals surface area contributed by atoms with Crippen LogP contribution in [0, 0.1) is 0 Å². The van der Waals surface area contributed by atoms with Crippen molar-refractivity contribution < 1.29 is 19.2 Å². The molecule has 0 aromatic heterocycles. The number of carbonyl (C=O) groups is 4. The van der Waals surface area contributed by atoms with Crippen molar-refractivity contribution in [1.29, 1.82) is 0 Å². The molecule has 0 radical (unpaired) electrons. The number of aldehydes is 1. The van der Waals surface area contributed by atoms with Gasteiger partial charge >= 0.3 is 0 Å². The first-order valence-corrected chi connectivity index (χ1v) is 5.34. The maximum atomic E-state index is 11.4. The van der Waals surface area contributed by atoms with Gasteiger partial charge in [-0.15, -0.1) is 0 Å². The summed E-state index contributed by atoms with van der Waals surface area (Å²) in [4.78, 5) is 43.6. The molecule has 0 fully saturated rings. The van der Waals surface area contributed by atoms with E-state index in [9.17, 15) is 19.2 Å². The third-order valence-electron chi connectivity index (χ3n) is 2.36. The molecule has 6 nitrogen and oxygen atoms in total. The summed E-state index contributed by atoms with van der Waals surface area (Å²) in [7, 11) is 0. The number of imide groups is 1. The van der Waals surface area contributed by atoms with Gasteiger partial charge in [0, 0.05) is 24.5 Å². The molecule has 17 heavy (non-hydrogen) atoms. The summed E-state index contributed by atoms with van der Waals surface area (Å²) >= 11 is 0. The maximum absolute atomic E-state index is 11.4. The van der Waals surface area contributed by atoms with Crippen LogP contribution < -0.4 is 10.6 Å². The van der Waals surface area contributed by atoms with Crippen molar-refractivity contribution in [3.05, 3.63) is 11.6 Å². The zero-order valence-electron chi connectivity index (χ0n) is 9.49. The molecule has 0 aliphatic carbocycles. The van der Waals surface area contributed by atoms with Crippen LogP contribution in [0.15, 0.2) is 11.6 Å². The van der Waals surface area contributed by atoms with Crippen LogP contribution in [-0.4, -0.2) is 30.0 Å². The average molecular weight is 238 g/mol. The van der Waals surface area contributed by atoms with E-state index in [-0.39, 0.29) is 17.9 Å². The fourth-order valence-corrected chi connectivity index (χ4v) is 1.49. The Bertz CT molecular complexity index is 387. The van der Waals surface area contributed by atoms with Crippen molar-refractivity contribution in [3.63, 3.8) is 0 Å². The topological polar surface area (TPSA) is 92.3 Å². The minimum atomic E-state index is -0.509. The minimum Gasteiger partial charge on any atom is -0.349 e. The number of hydrogen-bond donors (Lipinski definition) is 2. The molecule has 1 aliphatic heterocycles. The van der Waals surface area contributed by atoms with Crippen LogP contribution in [0.3, 0.4) is 0 Å². The van der Waals surface area contributed by atoms with Gasteiger partial charge in [-0.25, -0.2) is 0 Å². The number of unbranched alkanes of at least 4 members (excludes halogenated alkanes) is 1. The summed E-state index contributed by atoms with van der Waals surface area (Å²) < 4.78 is 0. The predicted molar refractivity (Wildman–Crippen MR) is 58.8 cm³/mol. The highest BCUT2D eigenvalue weighted by atomic mass is 16.2. The van der Waals surface area contributed by atoms with E-state index in [2.05, 4.69) is 10.6 Å². The van der Waals surface area contributed by atoms with Crippen LogP contribution >= 0.6 is 0 Å². The lowest BCUT2D eigenvalue weighted by molar-refractivity contribution is -0.124. The Morgan fingerprint density at radius 1 is 1.53 bits per heavy atom. The quantitative estimate of drug-likeness (QED) is 0.368. The van der Waals surface area contributed by atoms with E-state index in [1.54, 1.807) is 6.92 Å². The van der Waals surface area contributed by atoms with E-state index < -0.39 is 17.9 Å². The second kappa shape index (κ2) is 5.93. The number of hydrogen-bond acceptors (Lipinski definition) is 4. The van der Waals surface area contributed by atoms with Crippen molar-refractivity contribution in [2.24, 2.45) is 0 Å². The summed E-state index contributed by atoms with van der Waals surface area (Å²) in [6, 6.07) is -0.509. The number of amides is 3. The second-order valence-electron chi connectivity index (χ2n) is 3.77. The van der Waals surface area contributed by atoms with Gasteiger partial charge in [0.05, 0.1) is 6.04 Å². The lowest BCUT2D eigenvalue weighted by Crippen LogP contribution is -2.37. The molecule has 0 aromatic carbocycles. The van der Waals surface area contributed by atoms with Gasteiger partial charge in [0.1, 0.15) is 6.29 Å². The fraction of sp³-hybridized carbons (Fsp3) is 0.455. The van der Waals surface area contributed by atoms with Gasteiger partial charge in [-0.1, -0.05) is 0 Å². The van der Waals surface area contributed by atoms with E-state index in [1.807, 2.05) is 0 Å². The van der Waals surface area contributed by atoms with Gasteiger partial charge in [0.2, 0.25) is 5.91 Å². The third-order valence-corrected chi connectivity index (χ3v) is 2.36. The highest BCUT2D eigenvalue weighted by Crippen LogP contribution is 2.08. The molecule has 92 valence electrons. The monoisotopic (exact) mass is 238 g/mol. The number of nitrogens with one attached hydrogen (secondary N) is 2. The third kappa shape index (κ3) is 3.82. The van der Waals surface area contributed by atoms with Crippen LogP contribution in [-0.2, 0) is 19.2 Å². The van der Waals surface area contributed by atoms with E-state index >= 15 is 0 Å². The molecule has 0 saturated heterocycles. The molecule has 0 spiro atoms. The highest BCUT2D eigenvalue weighted by molar-refractivity contribution is 6.17. The van der Waals surface area contributed by atoms with Gasteiger partial charge in [-0.3, -0.25) is 19.7 Å². The summed E-state index contributed by atoms with van der Waals surface area (Å²) in [5.41, 5.74) is 0.249. The molecular weight excluding hydrogens is 224 g/mol. The molecule has 0 bridgehead atoms. The molecule has 0 saturated carbocycles. The second-order valence-corrected chi connectivity index (χ2v) is 3.77. The lowest BCUT2D eigenvalue weighted by Gasteiger charge is -2.13. The normalized spacial score (nSPS) is 16.2. The molecule has 1 aliphatic rings.